The number of aliphatic hydroxyl groups excluding tert-OH is 1. The van der Waals surface area contributed by atoms with Crippen LogP contribution in [-0.4, -0.2) is 25.3 Å². The zero-order valence-electron chi connectivity index (χ0n) is 11.4. The Kier molecular flexibility index (Phi) is 7.64. The molecule has 1 rings (SSSR count). The number of nitriles is 1. The van der Waals surface area contributed by atoms with E-state index in [1.54, 1.807) is 7.11 Å². The lowest BCUT2D eigenvalue weighted by molar-refractivity contribution is 0.174. The summed E-state index contributed by atoms with van der Waals surface area (Å²) in [6.07, 6.45) is 3.15. The van der Waals surface area contributed by atoms with Crippen molar-refractivity contribution >= 4 is 0 Å². The number of unbranched alkanes of at least 4 members (excludes halogenated alkanes) is 3. The topological polar surface area (TPSA) is 65.3 Å². The molecule has 0 aromatic heterocycles. The van der Waals surface area contributed by atoms with Crippen LogP contribution in [0, 0.1) is 11.3 Å². The Morgan fingerprint density at radius 2 is 2.21 bits per heavy atom. The normalized spacial score (nSPS) is 11.8. The summed E-state index contributed by atoms with van der Waals surface area (Å²) in [4.78, 5) is 0. The van der Waals surface area contributed by atoms with Crippen molar-refractivity contribution < 1.29 is 9.84 Å². The fourth-order valence-electron chi connectivity index (χ4n) is 1.84. The molecule has 0 saturated carbocycles. The number of nitrogens with zero attached hydrogens (tertiary/aromatic N) is 1. The number of hydrogen-bond acceptors (Lipinski definition) is 4. The summed E-state index contributed by atoms with van der Waals surface area (Å²) in [5.74, 6) is 0.757. The summed E-state index contributed by atoms with van der Waals surface area (Å²) >= 11 is 0. The van der Waals surface area contributed by atoms with Crippen LogP contribution in [0.1, 0.15) is 37.4 Å². The maximum atomic E-state index is 10.0. The molecule has 0 heterocycles. The zero-order chi connectivity index (χ0) is 13.9. The van der Waals surface area contributed by atoms with Crippen LogP contribution < -0.4 is 10.1 Å². The number of aliphatic hydroxyl groups is 1. The molecule has 0 bridgehead atoms. The molecule has 0 aliphatic rings. The highest BCUT2D eigenvalue weighted by molar-refractivity contribution is 5.29. The fraction of sp³-hybridized carbons (Fsp3) is 0.533. The van der Waals surface area contributed by atoms with Gasteiger partial charge in [0.2, 0.25) is 0 Å². The number of methoxy groups -OCH3 is 1. The molecule has 0 saturated heterocycles. The first-order valence-corrected chi connectivity index (χ1v) is 6.67. The van der Waals surface area contributed by atoms with Crippen molar-refractivity contribution in [3.05, 3.63) is 29.8 Å². The van der Waals surface area contributed by atoms with Gasteiger partial charge in [0.1, 0.15) is 5.75 Å². The van der Waals surface area contributed by atoms with Crippen molar-refractivity contribution in [1.82, 2.24) is 5.32 Å². The molecule has 4 nitrogen and oxygen atoms in total. The monoisotopic (exact) mass is 262 g/mol. The van der Waals surface area contributed by atoms with Crippen LogP contribution in [0.2, 0.25) is 0 Å². The maximum Gasteiger partial charge on any atom is 0.119 e. The van der Waals surface area contributed by atoms with E-state index in [1.807, 2.05) is 24.3 Å². The third-order valence-corrected chi connectivity index (χ3v) is 2.96. The van der Waals surface area contributed by atoms with E-state index in [2.05, 4.69) is 11.4 Å². The highest BCUT2D eigenvalue weighted by Gasteiger charge is 2.07. The summed E-state index contributed by atoms with van der Waals surface area (Å²) in [5, 5.41) is 21.6. The van der Waals surface area contributed by atoms with Gasteiger partial charge in [-0.25, -0.2) is 0 Å². The van der Waals surface area contributed by atoms with Crippen molar-refractivity contribution in [2.24, 2.45) is 0 Å². The molecule has 19 heavy (non-hydrogen) atoms. The van der Waals surface area contributed by atoms with Gasteiger partial charge >= 0.3 is 0 Å². The predicted octanol–water partition coefficient (Wildman–Crippen LogP) is 2.40. The van der Waals surface area contributed by atoms with Gasteiger partial charge in [-0.2, -0.15) is 5.26 Å². The van der Waals surface area contributed by atoms with Gasteiger partial charge < -0.3 is 15.2 Å². The Balaban J connectivity index is 2.20. The van der Waals surface area contributed by atoms with Crippen LogP contribution in [0.4, 0.5) is 0 Å². The molecule has 2 N–H and O–H groups in total. The summed E-state index contributed by atoms with van der Waals surface area (Å²) in [6, 6.07) is 9.61. The van der Waals surface area contributed by atoms with E-state index in [4.69, 9.17) is 10.00 Å². The molecule has 104 valence electrons. The van der Waals surface area contributed by atoms with Gasteiger partial charge in [-0.05, 0) is 37.1 Å². The van der Waals surface area contributed by atoms with Crippen molar-refractivity contribution in [2.45, 2.75) is 31.8 Å². The quantitative estimate of drug-likeness (QED) is 0.671. The molecule has 4 heteroatoms. The molecule has 1 aromatic carbocycles. The van der Waals surface area contributed by atoms with Crippen LogP contribution in [-0.2, 0) is 0 Å². The minimum absolute atomic E-state index is 0.519. The Labute approximate surface area is 115 Å². The Hall–Kier alpha value is -1.57. The molecule has 1 atom stereocenters. The third kappa shape index (κ3) is 6.23. The van der Waals surface area contributed by atoms with Crippen LogP contribution in [0.25, 0.3) is 0 Å². The van der Waals surface area contributed by atoms with Gasteiger partial charge in [0, 0.05) is 13.0 Å². The summed E-state index contributed by atoms with van der Waals surface area (Å²) in [7, 11) is 1.62. The Morgan fingerprint density at radius 1 is 1.37 bits per heavy atom. The average molecular weight is 262 g/mol. The summed E-state index contributed by atoms with van der Waals surface area (Å²) in [5.41, 5.74) is 0.858. The van der Waals surface area contributed by atoms with E-state index >= 15 is 0 Å². The van der Waals surface area contributed by atoms with Gasteiger partial charge in [0.05, 0.1) is 19.3 Å². The fourth-order valence-corrected chi connectivity index (χ4v) is 1.84. The van der Waals surface area contributed by atoms with Crippen molar-refractivity contribution in [1.29, 1.82) is 5.26 Å². The minimum Gasteiger partial charge on any atom is -0.497 e. The largest absolute Gasteiger partial charge is 0.497 e. The first-order valence-electron chi connectivity index (χ1n) is 6.67. The molecular weight excluding hydrogens is 240 g/mol. The second-order valence-electron chi connectivity index (χ2n) is 4.47. The number of benzene rings is 1. The number of hydrogen-bond donors (Lipinski definition) is 2. The molecular formula is C15H22N2O2. The van der Waals surface area contributed by atoms with Gasteiger partial charge in [-0.1, -0.05) is 18.6 Å². The molecule has 1 aromatic rings. The first-order chi connectivity index (χ1) is 9.27. The van der Waals surface area contributed by atoms with Crippen LogP contribution in [0.5, 0.6) is 5.75 Å². The second kappa shape index (κ2) is 9.37. The van der Waals surface area contributed by atoms with Crippen molar-refractivity contribution in [3.63, 3.8) is 0 Å². The minimum atomic E-state index is -0.519. The predicted molar refractivity (Wildman–Crippen MR) is 74.9 cm³/mol. The van der Waals surface area contributed by atoms with Gasteiger partial charge in [0.15, 0.2) is 0 Å². The van der Waals surface area contributed by atoms with Crippen molar-refractivity contribution in [2.75, 3.05) is 20.2 Å². The molecule has 0 aliphatic heterocycles. The Morgan fingerprint density at radius 3 is 2.95 bits per heavy atom. The SMILES string of the molecule is COc1cccc(C(O)CNCCCCCC#N)c1. The van der Waals surface area contributed by atoms with Gasteiger partial charge in [-0.3, -0.25) is 0 Å². The lowest BCUT2D eigenvalue weighted by atomic mass is 10.1. The highest BCUT2D eigenvalue weighted by Crippen LogP contribution is 2.18. The van der Waals surface area contributed by atoms with Crippen molar-refractivity contribution in [3.8, 4) is 11.8 Å². The smallest absolute Gasteiger partial charge is 0.119 e. The first kappa shape index (κ1) is 15.5. The van der Waals surface area contributed by atoms with Gasteiger partial charge in [-0.15, -0.1) is 0 Å². The van der Waals surface area contributed by atoms with E-state index in [-0.39, 0.29) is 0 Å². The number of ether oxygens (including phenoxy) is 1. The van der Waals surface area contributed by atoms with E-state index in [0.29, 0.717) is 13.0 Å². The second-order valence-corrected chi connectivity index (χ2v) is 4.47. The lowest BCUT2D eigenvalue weighted by Crippen LogP contribution is -2.22. The van der Waals surface area contributed by atoms with E-state index in [9.17, 15) is 5.11 Å². The highest BCUT2D eigenvalue weighted by atomic mass is 16.5. The molecule has 0 spiro atoms. The van der Waals surface area contributed by atoms with E-state index in [0.717, 1.165) is 37.1 Å². The molecule has 0 amide bonds. The van der Waals surface area contributed by atoms with Gasteiger partial charge in [0.25, 0.3) is 0 Å². The summed E-state index contributed by atoms with van der Waals surface area (Å²) in [6.45, 7) is 1.40. The zero-order valence-corrected chi connectivity index (χ0v) is 11.4. The molecule has 0 aliphatic carbocycles. The standard InChI is InChI=1S/C15H22N2O2/c1-19-14-8-6-7-13(11-14)15(18)12-17-10-5-3-2-4-9-16/h6-8,11,15,17-18H,2-5,10,12H2,1H3. The molecule has 1 unspecified atom stereocenters. The summed E-state index contributed by atoms with van der Waals surface area (Å²) < 4.78 is 5.13. The Bertz CT molecular complexity index is 401. The van der Waals surface area contributed by atoms with Crippen LogP contribution in [0.15, 0.2) is 24.3 Å². The van der Waals surface area contributed by atoms with Crippen LogP contribution in [0.3, 0.4) is 0 Å². The average Bonchev–Trinajstić information content (AvgIpc) is 2.46. The molecule has 0 radical (unpaired) electrons. The number of nitrogens with one attached hydrogen (secondary N) is 1. The lowest BCUT2D eigenvalue weighted by Gasteiger charge is -2.13. The van der Waals surface area contributed by atoms with Crippen LogP contribution >= 0.6 is 0 Å². The van der Waals surface area contributed by atoms with E-state index < -0.39 is 6.10 Å². The maximum absolute atomic E-state index is 10.0. The third-order valence-electron chi connectivity index (χ3n) is 2.96. The number of rotatable bonds is 9. The van der Waals surface area contributed by atoms with E-state index in [1.165, 1.54) is 0 Å². The molecule has 0 fully saturated rings.